The summed E-state index contributed by atoms with van der Waals surface area (Å²) in [6, 6.07) is 0. The highest BCUT2D eigenvalue weighted by atomic mass is 16.3. The smallest absolute Gasteiger partial charge is 0.0701 e. The van der Waals surface area contributed by atoms with Gasteiger partial charge in [-0.05, 0) is 67.1 Å². The van der Waals surface area contributed by atoms with Crippen molar-refractivity contribution in [1.29, 1.82) is 0 Å². The number of hydrogen-bond donors (Lipinski definition) is 3. The second-order valence-corrected chi connectivity index (χ2v) is 12.0. The van der Waals surface area contributed by atoms with Crippen molar-refractivity contribution < 1.29 is 15.3 Å². The van der Waals surface area contributed by atoms with Crippen LogP contribution in [0.25, 0.3) is 0 Å². The Hall–Kier alpha value is -0.120. The summed E-state index contributed by atoms with van der Waals surface area (Å²) in [5.41, 5.74) is -1.45. The largest absolute Gasteiger partial charge is 0.393 e. The molecule has 0 spiro atoms. The van der Waals surface area contributed by atoms with E-state index in [4.69, 9.17) is 0 Å². The quantitative estimate of drug-likeness (QED) is 0.191. The Kier molecular flexibility index (Phi) is 15.0. The molecule has 3 nitrogen and oxygen atoms in total. The molecule has 7 unspecified atom stereocenters. The zero-order valence-electron chi connectivity index (χ0n) is 24.3. The van der Waals surface area contributed by atoms with Gasteiger partial charge in [-0.25, -0.2) is 0 Å². The van der Waals surface area contributed by atoms with Gasteiger partial charge < -0.3 is 15.3 Å². The molecule has 3 heteroatoms. The summed E-state index contributed by atoms with van der Waals surface area (Å²) in [5.74, 6) is 1.76. The first-order valence-corrected chi connectivity index (χ1v) is 14.4. The number of rotatable bonds is 18. The van der Waals surface area contributed by atoms with Crippen LogP contribution in [0.3, 0.4) is 0 Å². The minimum absolute atomic E-state index is 0.219. The van der Waals surface area contributed by atoms with Gasteiger partial charge in [-0.3, -0.25) is 0 Å². The molecule has 0 aromatic rings. The Bertz CT molecular complexity index is 453. The number of hydrogen-bond acceptors (Lipinski definition) is 3. The molecule has 0 aliphatic carbocycles. The van der Waals surface area contributed by atoms with Gasteiger partial charge in [0.2, 0.25) is 0 Å². The minimum Gasteiger partial charge on any atom is -0.393 e. The van der Waals surface area contributed by atoms with Crippen LogP contribution in [0.2, 0.25) is 0 Å². The summed E-state index contributed by atoms with van der Waals surface area (Å²) < 4.78 is 0. The van der Waals surface area contributed by atoms with E-state index < -0.39 is 11.2 Å². The third-order valence-electron chi connectivity index (χ3n) is 9.77. The molecule has 0 fully saturated rings. The van der Waals surface area contributed by atoms with E-state index in [1.165, 1.54) is 0 Å². The van der Waals surface area contributed by atoms with E-state index in [1.807, 2.05) is 0 Å². The third kappa shape index (κ3) is 9.12. The fourth-order valence-corrected chi connectivity index (χ4v) is 5.94. The van der Waals surface area contributed by atoms with E-state index in [0.29, 0.717) is 11.8 Å². The molecule has 0 saturated heterocycles. The second kappa shape index (κ2) is 15.1. The summed E-state index contributed by atoms with van der Waals surface area (Å²) in [6.07, 6.45) is 7.73. The predicted molar refractivity (Wildman–Crippen MR) is 144 cm³/mol. The van der Waals surface area contributed by atoms with Crippen molar-refractivity contribution >= 4 is 0 Å². The van der Waals surface area contributed by atoms with Gasteiger partial charge in [0.05, 0.1) is 17.3 Å². The van der Waals surface area contributed by atoms with Crippen LogP contribution in [0.4, 0.5) is 0 Å². The lowest BCUT2D eigenvalue weighted by Gasteiger charge is -2.46. The predicted octanol–water partition coefficient (Wildman–Crippen LogP) is 7.85. The van der Waals surface area contributed by atoms with Crippen molar-refractivity contribution in [3.63, 3.8) is 0 Å². The van der Waals surface area contributed by atoms with E-state index in [1.54, 1.807) is 0 Å². The summed E-state index contributed by atoms with van der Waals surface area (Å²) in [5, 5.41) is 34.7. The minimum atomic E-state index is -0.727. The van der Waals surface area contributed by atoms with Crippen LogP contribution in [0.15, 0.2) is 0 Å². The standard InChI is InChI=1S/C30H62O3/c1-12-22(7)28(31)18-21(6)17-27(19-29(32,23(8)13-2)24(9)14-3)20-30(33,25(10)15-4)26(11)16-5/h21-28,31-33H,12-20H2,1-11H3. The van der Waals surface area contributed by atoms with Gasteiger partial charge in [-0.15, -0.1) is 0 Å². The molecule has 0 heterocycles. The summed E-state index contributed by atoms with van der Waals surface area (Å²) in [6.45, 7) is 24.0. The fraction of sp³-hybridized carbons (Fsp3) is 1.00. The highest BCUT2D eigenvalue weighted by Gasteiger charge is 2.44. The van der Waals surface area contributed by atoms with Crippen molar-refractivity contribution in [3.05, 3.63) is 0 Å². The van der Waals surface area contributed by atoms with Crippen molar-refractivity contribution in [2.75, 3.05) is 0 Å². The van der Waals surface area contributed by atoms with Crippen molar-refractivity contribution in [3.8, 4) is 0 Å². The van der Waals surface area contributed by atoms with E-state index >= 15 is 0 Å². The maximum Gasteiger partial charge on any atom is 0.0701 e. The molecule has 0 rings (SSSR count). The van der Waals surface area contributed by atoms with Crippen LogP contribution in [0.5, 0.6) is 0 Å². The first-order chi connectivity index (χ1) is 15.3. The average molecular weight is 471 g/mol. The fourth-order valence-electron chi connectivity index (χ4n) is 5.94. The first-order valence-electron chi connectivity index (χ1n) is 14.4. The van der Waals surface area contributed by atoms with E-state index in [-0.39, 0.29) is 35.7 Å². The van der Waals surface area contributed by atoms with Crippen LogP contribution < -0.4 is 0 Å². The molecule has 0 aromatic heterocycles. The van der Waals surface area contributed by atoms with Crippen molar-refractivity contribution in [2.24, 2.45) is 41.4 Å². The molecule has 0 radical (unpaired) electrons. The molecular formula is C30H62O3. The Morgan fingerprint density at radius 1 is 0.545 bits per heavy atom. The van der Waals surface area contributed by atoms with Crippen molar-refractivity contribution in [2.45, 2.75) is 151 Å². The molecule has 0 aliphatic heterocycles. The highest BCUT2D eigenvalue weighted by molar-refractivity contribution is 4.95. The lowest BCUT2D eigenvalue weighted by Crippen LogP contribution is -2.48. The Morgan fingerprint density at radius 2 is 0.879 bits per heavy atom. The zero-order chi connectivity index (χ0) is 26.0. The molecule has 7 atom stereocenters. The first kappa shape index (κ1) is 32.9. The van der Waals surface area contributed by atoms with Crippen LogP contribution >= 0.6 is 0 Å². The van der Waals surface area contributed by atoms with Crippen molar-refractivity contribution in [1.82, 2.24) is 0 Å². The molecule has 200 valence electrons. The lowest BCUT2D eigenvalue weighted by molar-refractivity contribution is -0.111. The van der Waals surface area contributed by atoms with Gasteiger partial charge in [0.1, 0.15) is 0 Å². The summed E-state index contributed by atoms with van der Waals surface area (Å²) >= 11 is 0. The Morgan fingerprint density at radius 3 is 1.15 bits per heavy atom. The molecule has 0 aliphatic rings. The van der Waals surface area contributed by atoms with Gasteiger partial charge >= 0.3 is 0 Å². The number of aliphatic hydroxyl groups excluding tert-OH is 1. The van der Waals surface area contributed by atoms with Crippen LogP contribution in [0, 0.1) is 41.4 Å². The second-order valence-electron chi connectivity index (χ2n) is 12.0. The summed E-state index contributed by atoms with van der Waals surface area (Å²) in [4.78, 5) is 0. The maximum atomic E-state index is 12.0. The monoisotopic (exact) mass is 470 g/mol. The molecule has 0 bridgehead atoms. The van der Waals surface area contributed by atoms with E-state index in [0.717, 1.165) is 57.8 Å². The van der Waals surface area contributed by atoms with Gasteiger partial charge in [-0.2, -0.15) is 0 Å². The molecule has 0 aromatic carbocycles. The normalized spacial score (nSPS) is 23.5. The number of aliphatic hydroxyl groups is 3. The van der Waals surface area contributed by atoms with Crippen LogP contribution in [-0.4, -0.2) is 32.6 Å². The van der Waals surface area contributed by atoms with E-state index in [9.17, 15) is 15.3 Å². The summed E-state index contributed by atoms with van der Waals surface area (Å²) in [7, 11) is 0. The van der Waals surface area contributed by atoms with E-state index in [2.05, 4.69) is 76.2 Å². The SMILES string of the molecule is CCC(C)C(O)CC(C)CC(CC(O)(C(C)CC)C(C)CC)CC(O)(C(C)CC)C(C)CC. The van der Waals surface area contributed by atoms with Crippen LogP contribution in [-0.2, 0) is 0 Å². The maximum absolute atomic E-state index is 12.0. The lowest BCUT2D eigenvalue weighted by atomic mass is 9.64. The third-order valence-corrected chi connectivity index (χ3v) is 9.77. The van der Waals surface area contributed by atoms with Gasteiger partial charge in [0, 0.05) is 0 Å². The Labute approximate surface area is 208 Å². The highest BCUT2D eigenvalue weighted by Crippen LogP contribution is 2.44. The molecule has 0 saturated carbocycles. The molecule has 33 heavy (non-hydrogen) atoms. The molecule has 0 amide bonds. The Balaban J connectivity index is 6.06. The van der Waals surface area contributed by atoms with Crippen LogP contribution in [0.1, 0.15) is 134 Å². The average Bonchev–Trinajstić information content (AvgIpc) is 2.80. The van der Waals surface area contributed by atoms with Gasteiger partial charge in [0.15, 0.2) is 0 Å². The molecular weight excluding hydrogens is 408 g/mol. The zero-order valence-corrected chi connectivity index (χ0v) is 24.3. The topological polar surface area (TPSA) is 60.7 Å². The van der Waals surface area contributed by atoms with Gasteiger partial charge in [0.25, 0.3) is 0 Å². The van der Waals surface area contributed by atoms with Gasteiger partial charge in [-0.1, -0.05) is 108 Å². The molecule has 3 N–H and O–H groups in total.